The summed E-state index contributed by atoms with van der Waals surface area (Å²) in [5.41, 5.74) is 0.542. The van der Waals surface area contributed by atoms with Gasteiger partial charge in [0.25, 0.3) is 0 Å². The van der Waals surface area contributed by atoms with Crippen molar-refractivity contribution in [3.05, 3.63) is 35.4 Å². The van der Waals surface area contributed by atoms with Crippen LogP contribution in [0.15, 0.2) is 18.2 Å². The number of hydrogen-bond donors (Lipinski definition) is 0. The van der Waals surface area contributed by atoms with E-state index in [4.69, 9.17) is 14.2 Å². The number of ether oxygens (including phenoxy) is 3. The van der Waals surface area contributed by atoms with Crippen molar-refractivity contribution in [2.24, 2.45) is 17.8 Å². The Morgan fingerprint density at radius 3 is 2.17 bits per heavy atom. The van der Waals surface area contributed by atoms with Crippen LogP contribution >= 0.6 is 0 Å². The maximum absolute atomic E-state index is 13.3. The first-order valence-electron chi connectivity index (χ1n) is 8.99. The van der Waals surface area contributed by atoms with Gasteiger partial charge in [0, 0.05) is 11.5 Å². The summed E-state index contributed by atoms with van der Waals surface area (Å²) >= 11 is 0. The minimum absolute atomic E-state index is 0.407. The maximum Gasteiger partial charge on any atom is 0.183 e. The van der Waals surface area contributed by atoms with Crippen LogP contribution in [-0.4, -0.2) is 25.9 Å². The van der Waals surface area contributed by atoms with Crippen molar-refractivity contribution in [3.8, 4) is 0 Å². The summed E-state index contributed by atoms with van der Waals surface area (Å²) in [6, 6.07) is 3.80. The zero-order valence-electron chi connectivity index (χ0n) is 13.8. The van der Waals surface area contributed by atoms with Crippen molar-refractivity contribution in [3.63, 3.8) is 0 Å². The molecular formula is C19H24F2O3. The van der Waals surface area contributed by atoms with Crippen molar-refractivity contribution in [1.29, 1.82) is 0 Å². The van der Waals surface area contributed by atoms with E-state index in [-0.39, 0.29) is 0 Å². The predicted molar refractivity (Wildman–Crippen MR) is 84.3 cm³/mol. The van der Waals surface area contributed by atoms with E-state index in [1.54, 1.807) is 0 Å². The molecule has 2 aliphatic heterocycles. The number of benzene rings is 1. The lowest BCUT2D eigenvalue weighted by Gasteiger charge is -2.37. The predicted octanol–water partition coefficient (Wildman–Crippen LogP) is 4.22. The summed E-state index contributed by atoms with van der Waals surface area (Å²) in [5, 5.41) is 0. The highest BCUT2D eigenvalue weighted by molar-refractivity contribution is 5.19. The van der Waals surface area contributed by atoms with Crippen molar-refractivity contribution in [1.82, 2.24) is 0 Å². The van der Waals surface area contributed by atoms with Gasteiger partial charge >= 0.3 is 0 Å². The SMILES string of the molecule is Fc1ccc(C2OCC(C3CCC(CC4CO4)CC3)CO2)cc1F. The Balaban J connectivity index is 1.26. The Kier molecular flexibility index (Phi) is 4.83. The van der Waals surface area contributed by atoms with Gasteiger partial charge in [0.1, 0.15) is 0 Å². The molecule has 1 aromatic carbocycles. The van der Waals surface area contributed by atoms with Gasteiger partial charge in [-0.25, -0.2) is 8.78 Å². The first-order valence-corrected chi connectivity index (χ1v) is 8.99. The van der Waals surface area contributed by atoms with Gasteiger partial charge in [-0.3, -0.25) is 0 Å². The van der Waals surface area contributed by atoms with Crippen molar-refractivity contribution < 1.29 is 23.0 Å². The maximum atomic E-state index is 13.3. The lowest BCUT2D eigenvalue weighted by molar-refractivity contribution is -0.214. The molecule has 2 heterocycles. The van der Waals surface area contributed by atoms with E-state index < -0.39 is 17.9 Å². The third kappa shape index (κ3) is 3.79. The standard InChI is InChI=1S/C19H24F2O3/c20-17-6-5-14(8-18(17)21)19-23-9-15(10-24-19)13-3-1-12(2-4-13)7-16-11-22-16/h5-6,8,12-13,15-16,19H,1-4,7,9-11H2. The topological polar surface area (TPSA) is 31.0 Å². The molecule has 1 saturated carbocycles. The van der Waals surface area contributed by atoms with E-state index in [9.17, 15) is 8.78 Å². The number of halogens is 2. The average Bonchev–Trinajstić information content (AvgIpc) is 3.42. The van der Waals surface area contributed by atoms with E-state index in [0.29, 0.717) is 36.7 Å². The minimum atomic E-state index is -0.861. The minimum Gasteiger partial charge on any atom is -0.373 e. The average molecular weight is 338 g/mol. The largest absolute Gasteiger partial charge is 0.373 e. The Morgan fingerprint density at radius 1 is 0.833 bits per heavy atom. The molecule has 1 aromatic rings. The molecule has 4 rings (SSSR count). The number of rotatable bonds is 4. The van der Waals surface area contributed by atoms with Crippen LogP contribution < -0.4 is 0 Å². The molecule has 5 heteroatoms. The Labute approximate surface area is 141 Å². The second kappa shape index (κ2) is 7.06. The molecule has 1 atom stereocenters. The summed E-state index contributed by atoms with van der Waals surface area (Å²) in [6.07, 6.45) is 6.17. The van der Waals surface area contributed by atoms with Gasteiger partial charge in [-0.1, -0.05) is 18.9 Å². The van der Waals surface area contributed by atoms with Crippen LogP contribution in [0.1, 0.15) is 44.0 Å². The molecule has 0 bridgehead atoms. The molecule has 3 nitrogen and oxygen atoms in total. The van der Waals surface area contributed by atoms with Crippen LogP contribution in [0.5, 0.6) is 0 Å². The van der Waals surface area contributed by atoms with Crippen molar-refractivity contribution in [2.45, 2.75) is 44.5 Å². The van der Waals surface area contributed by atoms with E-state index >= 15 is 0 Å². The number of hydrogen-bond acceptors (Lipinski definition) is 3. The normalized spacial score (nSPS) is 36.5. The highest BCUT2D eigenvalue weighted by atomic mass is 19.2. The fourth-order valence-electron chi connectivity index (χ4n) is 4.11. The van der Waals surface area contributed by atoms with Crippen molar-refractivity contribution >= 4 is 0 Å². The quantitative estimate of drug-likeness (QED) is 0.770. The fraction of sp³-hybridized carbons (Fsp3) is 0.684. The summed E-state index contributed by atoms with van der Waals surface area (Å²) in [7, 11) is 0. The molecule has 0 radical (unpaired) electrons. The first kappa shape index (κ1) is 16.4. The zero-order chi connectivity index (χ0) is 16.5. The number of epoxide rings is 1. The molecular weight excluding hydrogens is 314 g/mol. The van der Waals surface area contributed by atoms with E-state index in [1.165, 1.54) is 38.2 Å². The van der Waals surface area contributed by atoms with Crippen LogP contribution in [0.3, 0.4) is 0 Å². The molecule has 0 N–H and O–H groups in total. The van der Waals surface area contributed by atoms with E-state index in [2.05, 4.69) is 0 Å². The molecule has 3 aliphatic rings. The van der Waals surface area contributed by atoms with Crippen molar-refractivity contribution in [2.75, 3.05) is 19.8 Å². The molecule has 3 fully saturated rings. The van der Waals surface area contributed by atoms with Gasteiger partial charge < -0.3 is 14.2 Å². The highest BCUT2D eigenvalue weighted by Crippen LogP contribution is 2.39. The van der Waals surface area contributed by atoms with Crippen LogP contribution in [0.4, 0.5) is 8.78 Å². The van der Waals surface area contributed by atoms with E-state index in [1.807, 2.05) is 0 Å². The molecule has 2 saturated heterocycles. The molecule has 24 heavy (non-hydrogen) atoms. The molecule has 0 spiro atoms. The molecule has 0 amide bonds. The van der Waals surface area contributed by atoms with Gasteiger partial charge in [-0.15, -0.1) is 0 Å². The summed E-state index contributed by atoms with van der Waals surface area (Å²) in [4.78, 5) is 0. The summed E-state index contributed by atoms with van der Waals surface area (Å²) in [5.74, 6) is 0.159. The third-order valence-corrected chi connectivity index (χ3v) is 5.70. The van der Waals surface area contributed by atoms with Crippen LogP contribution in [0, 0.1) is 29.4 Å². The van der Waals surface area contributed by atoms with Crippen LogP contribution in [0.25, 0.3) is 0 Å². The second-order valence-corrected chi connectivity index (χ2v) is 7.40. The Bertz CT molecular complexity index is 560. The van der Waals surface area contributed by atoms with Gasteiger partial charge in [0.05, 0.1) is 25.9 Å². The van der Waals surface area contributed by atoms with Crippen LogP contribution in [-0.2, 0) is 14.2 Å². The smallest absolute Gasteiger partial charge is 0.183 e. The molecule has 0 aromatic heterocycles. The summed E-state index contributed by atoms with van der Waals surface area (Å²) < 4.78 is 43.3. The zero-order valence-corrected chi connectivity index (χ0v) is 13.8. The Hall–Kier alpha value is -1.04. The van der Waals surface area contributed by atoms with Gasteiger partial charge in [-0.2, -0.15) is 0 Å². The lowest BCUT2D eigenvalue weighted by Crippen LogP contribution is -2.34. The monoisotopic (exact) mass is 338 g/mol. The highest BCUT2D eigenvalue weighted by Gasteiger charge is 2.34. The molecule has 132 valence electrons. The second-order valence-electron chi connectivity index (χ2n) is 7.40. The lowest BCUT2D eigenvalue weighted by atomic mass is 9.75. The first-order chi connectivity index (χ1) is 11.7. The Morgan fingerprint density at radius 2 is 1.54 bits per heavy atom. The van der Waals surface area contributed by atoms with Crippen LogP contribution in [0.2, 0.25) is 0 Å². The fourth-order valence-corrected chi connectivity index (χ4v) is 4.11. The molecule has 1 unspecified atom stereocenters. The van der Waals surface area contributed by atoms with Gasteiger partial charge in [0.15, 0.2) is 17.9 Å². The van der Waals surface area contributed by atoms with E-state index in [0.717, 1.165) is 24.7 Å². The van der Waals surface area contributed by atoms with Gasteiger partial charge in [-0.05, 0) is 43.2 Å². The van der Waals surface area contributed by atoms with Gasteiger partial charge in [0.2, 0.25) is 0 Å². The molecule has 1 aliphatic carbocycles. The third-order valence-electron chi connectivity index (χ3n) is 5.70. The summed E-state index contributed by atoms with van der Waals surface area (Å²) in [6.45, 7) is 2.21.